The number of hydrogen-bond acceptors (Lipinski definition) is 2. The van der Waals surface area contributed by atoms with Gasteiger partial charge in [-0.2, -0.15) is 0 Å². The van der Waals surface area contributed by atoms with E-state index in [-0.39, 0.29) is 20.9 Å². The minimum atomic E-state index is -2.73. The van der Waals surface area contributed by atoms with E-state index in [0.717, 1.165) is 6.07 Å². The number of alkyl halides is 2. The Balaban J connectivity index is 3.21. The van der Waals surface area contributed by atoms with E-state index in [1.54, 1.807) is 0 Å². The van der Waals surface area contributed by atoms with Crippen LogP contribution >= 0.6 is 27.5 Å². The first-order chi connectivity index (χ1) is 6.91. The van der Waals surface area contributed by atoms with Crippen molar-refractivity contribution in [2.24, 2.45) is 0 Å². The molecule has 0 aliphatic heterocycles. The van der Waals surface area contributed by atoms with Crippen molar-refractivity contribution >= 4 is 33.5 Å². The summed E-state index contributed by atoms with van der Waals surface area (Å²) >= 11 is 8.37. The normalized spacial score (nSPS) is 10.7. The molecule has 0 spiro atoms. The highest BCUT2D eigenvalue weighted by molar-refractivity contribution is 9.10. The van der Waals surface area contributed by atoms with Gasteiger partial charge in [0.05, 0.1) is 12.1 Å². The van der Waals surface area contributed by atoms with Gasteiger partial charge in [0.15, 0.2) is 0 Å². The maximum absolute atomic E-state index is 12.5. The molecule has 0 radical (unpaired) electrons. The van der Waals surface area contributed by atoms with Crippen LogP contribution < -0.4 is 0 Å². The molecule has 15 heavy (non-hydrogen) atoms. The van der Waals surface area contributed by atoms with Gasteiger partial charge >= 0.3 is 5.97 Å². The summed E-state index contributed by atoms with van der Waals surface area (Å²) in [5.74, 6) is -1.16. The van der Waals surface area contributed by atoms with Gasteiger partial charge in [-0.1, -0.05) is 11.6 Å². The quantitative estimate of drug-likeness (QED) is 0.873. The van der Waals surface area contributed by atoms with Gasteiger partial charge in [0.25, 0.3) is 6.43 Å². The minimum absolute atomic E-state index is 0.00898. The number of carbonyl (C=O) groups is 1. The molecule has 7 heteroatoms. The van der Waals surface area contributed by atoms with Crippen LogP contribution in [0.1, 0.15) is 17.7 Å². The van der Waals surface area contributed by atoms with Crippen LogP contribution in [0.15, 0.2) is 10.5 Å². The van der Waals surface area contributed by atoms with Crippen LogP contribution in [-0.2, 0) is 11.2 Å². The topological polar surface area (TPSA) is 50.2 Å². The Kier molecular flexibility index (Phi) is 3.98. The highest BCUT2D eigenvalue weighted by atomic mass is 79.9. The van der Waals surface area contributed by atoms with E-state index in [1.807, 2.05) is 0 Å². The van der Waals surface area contributed by atoms with Crippen LogP contribution in [0.25, 0.3) is 0 Å². The third kappa shape index (κ3) is 3.10. The van der Waals surface area contributed by atoms with Crippen LogP contribution in [0.4, 0.5) is 8.78 Å². The zero-order valence-corrected chi connectivity index (χ0v) is 9.52. The van der Waals surface area contributed by atoms with Gasteiger partial charge in [-0.15, -0.1) is 0 Å². The monoisotopic (exact) mass is 299 g/mol. The molecule has 0 unspecified atom stereocenters. The summed E-state index contributed by atoms with van der Waals surface area (Å²) in [6.07, 6.45) is -3.19. The van der Waals surface area contributed by atoms with E-state index < -0.39 is 18.8 Å². The number of halogens is 4. The fourth-order valence-electron chi connectivity index (χ4n) is 0.988. The number of aliphatic carboxylic acids is 1. The van der Waals surface area contributed by atoms with E-state index in [9.17, 15) is 13.6 Å². The molecule has 0 fully saturated rings. The van der Waals surface area contributed by atoms with Crippen molar-refractivity contribution in [2.45, 2.75) is 12.8 Å². The molecule has 0 bridgehead atoms. The SMILES string of the molecule is O=C(O)Cc1nc(Cl)cc(C(F)F)c1Br. The molecule has 1 heterocycles. The summed E-state index contributed by atoms with van der Waals surface area (Å²) < 4.78 is 24.9. The second kappa shape index (κ2) is 4.85. The lowest BCUT2D eigenvalue weighted by molar-refractivity contribution is -0.136. The summed E-state index contributed by atoms with van der Waals surface area (Å²) in [4.78, 5) is 14.1. The zero-order chi connectivity index (χ0) is 11.6. The zero-order valence-electron chi connectivity index (χ0n) is 7.18. The number of hydrogen-bond donors (Lipinski definition) is 1. The lowest BCUT2D eigenvalue weighted by Crippen LogP contribution is -2.05. The third-order valence-electron chi connectivity index (χ3n) is 1.58. The molecule has 1 aromatic heterocycles. The molecule has 1 aromatic rings. The highest BCUT2D eigenvalue weighted by Gasteiger charge is 2.18. The van der Waals surface area contributed by atoms with Crippen molar-refractivity contribution in [2.75, 3.05) is 0 Å². The van der Waals surface area contributed by atoms with Crippen LogP contribution in [-0.4, -0.2) is 16.1 Å². The van der Waals surface area contributed by atoms with Crippen LogP contribution in [0.5, 0.6) is 0 Å². The van der Waals surface area contributed by atoms with Gasteiger partial charge in [0.1, 0.15) is 5.15 Å². The van der Waals surface area contributed by atoms with Crippen LogP contribution in [0.3, 0.4) is 0 Å². The van der Waals surface area contributed by atoms with Gasteiger partial charge in [-0.25, -0.2) is 13.8 Å². The molecule has 0 saturated heterocycles. The van der Waals surface area contributed by atoms with Crippen molar-refractivity contribution in [1.82, 2.24) is 4.98 Å². The van der Waals surface area contributed by atoms with Crippen molar-refractivity contribution < 1.29 is 18.7 Å². The van der Waals surface area contributed by atoms with E-state index in [2.05, 4.69) is 20.9 Å². The Morgan fingerprint density at radius 3 is 2.73 bits per heavy atom. The molecule has 82 valence electrons. The average Bonchev–Trinajstić information content (AvgIpc) is 2.09. The van der Waals surface area contributed by atoms with Crippen molar-refractivity contribution in [3.05, 3.63) is 26.9 Å². The number of carboxylic acids is 1. The molecule has 0 aliphatic rings. The average molecular weight is 300 g/mol. The molecule has 0 aromatic carbocycles. The first-order valence-electron chi connectivity index (χ1n) is 3.76. The second-order valence-corrected chi connectivity index (χ2v) is 3.85. The first kappa shape index (κ1) is 12.3. The predicted octanol–water partition coefficient (Wildman–Crippen LogP) is 3.06. The molecule has 1 N–H and O–H groups in total. The maximum Gasteiger partial charge on any atom is 0.309 e. The standard InChI is InChI=1S/C8H5BrClF2NO2/c9-7-3(8(11)12)1-5(10)13-4(7)2-6(14)15/h1,8H,2H2,(H,14,15). The second-order valence-electron chi connectivity index (χ2n) is 2.67. The van der Waals surface area contributed by atoms with Gasteiger partial charge in [0.2, 0.25) is 0 Å². The van der Waals surface area contributed by atoms with Crippen LogP contribution in [0, 0.1) is 0 Å². The first-order valence-corrected chi connectivity index (χ1v) is 4.93. The molecule has 1 rings (SSSR count). The molecular weight excluding hydrogens is 295 g/mol. The van der Waals surface area contributed by atoms with E-state index in [4.69, 9.17) is 16.7 Å². The lowest BCUT2D eigenvalue weighted by atomic mass is 10.2. The Hall–Kier alpha value is -0.750. The molecular formula is C8H5BrClF2NO2. The molecule has 3 nitrogen and oxygen atoms in total. The van der Waals surface area contributed by atoms with Crippen molar-refractivity contribution in [3.8, 4) is 0 Å². The summed E-state index contributed by atoms with van der Waals surface area (Å²) in [5, 5.41) is 8.37. The predicted molar refractivity (Wildman–Crippen MR) is 53.2 cm³/mol. The van der Waals surface area contributed by atoms with Crippen LogP contribution in [0.2, 0.25) is 5.15 Å². The lowest BCUT2D eigenvalue weighted by Gasteiger charge is -2.07. The van der Waals surface area contributed by atoms with Gasteiger partial charge in [-0.05, 0) is 22.0 Å². The fraction of sp³-hybridized carbons (Fsp3) is 0.250. The number of aromatic nitrogens is 1. The summed E-state index contributed by atoms with van der Waals surface area (Å²) in [7, 11) is 0. The largest absolute Gasteiger partial charge is 0.481 e. The van der Waals surface area contributed by atoms with Gasteiger partial charge in [0, 0.05) is 10.0 Å². The minimum Gasteiger partial charge on any atom is -0.481 e. The summed E-state index contributed by atoms with van der Waals surface area (Å²) in [6.45, 7) is 0. The molecule has 0 amide bonds. The number of nitrogens with zero attached hydrogens (tertiary/aromatic N) is 1. The third-order valence-corrected chi connectivity index (χ3v) is 2.69. The van der Waals surface area contributed by atoms with Gasteiger partial charge < -0.3 is 5.11 Å². The van der Waals surface area contributed by atoms with E-state index in [1.165, 1.54) is 0 Å². The van der Waals surface area contributed by atoms with Crippen molar-refractivity contribution in [3.63, 3.8) is 0 Å². The Morgan fingerprint density at radius 1 is 1.67 bits per heavy atom. The Bertz CT molecular complexity index is 400. The molecule has 0 saturated carbocycles. The van der Waals surface area contributed by atoms with Crippen molar-refractivity contribution in [1.29, 1.82) is 0 Å². The number of carboxylic acid groups (broad SMARTS) is 1. The molecule has 0 atom stereocenters. The van der Waals surface area contributed by atoms with Gasteiger partial charge in [-0.3, -0.25) is 4.79 Å². The summed E-state index contributed by atoms with van der Waals surface area (Å²) in [6, 6.07) is 1.00. The Labute approximate surface area is 97.2 Å². The van der Waals surface area contributed by atoms with E-state index in [0.29, 0.717) is 0 Å². The smallest absolute Gasteiger partial charge is 0.309 e. The fourth-order valence-corrected chi connectivity index (χ4v) is 1.72. The number of pyridine rings is 1. The molecule has 0 aliphatic carbocycles. The maximum atomic E-state index is 12.5. The Morgan fingerprint density at radius 2 is 2.27 bits per heavy atom. The number of rotatable bonds is 3. The van der Waals surface area contributed by atoms with E-state index >= 15 is 0 Å². The highest BCUT2D eigenvalue weighted by Crippen LogP contribution is 2.31. The summed E-state index contributed by atoms with van der Waals surface area (Å²) in [5.41, 5.74) is -0.364.